The first-order chi connectivity index (χ1) is 21.5. The van der Waals surface area contributed by atoms with Crippen LogP contribution >= 0.6 is 11.6 Å². The normalized spacial score (nSPS) is 17.0. The molecule has 12 nitrogen and oxygen atoms in total. The van der Waals surface area contributed by atoms with Gasteiger partial charge in [-0.25, -0.2) is 15.6 Å². The second-order valence-electron chi connectivity index (χ2n) is 9.95. The van der Waals surface area contributed by atoms with Gasteiger partial charge < -0.3 is 20.4 Å². The summed E-state index contributed by atoms with van der Waals surface area (Å²) in [5.41, 5.74) is 2.05. The average Bonchev–Trinajstić information content (AvgIpc) is 3.49. The number of alkyl halides is 3. The van der Waals surface area contributed by atoms with E-state index >= 15 is 0 Å². The lowest BCUT2D eigenvalue weighted by atomic mass is 10.0. The Balaban J connectivity index is 1.62. The number of nitrogens with zero attached hydrogens (tertiary/aromatic N) is 4. The van der Waals surface area contributed by atoms with Crippen LogP contribution in [0, 0.1) is 0 Å². The van der Waals surface area contributed by atoms with Gasteiger partial charge in [-0.3, -0.25) is 15.1 Å². The molecule has 0 fully saturated rings. The number of ether oxygens (including phenoxy) is 1. The third-order valence-corrected chi connectivity index (χ3v) is 7.11. The van der Waals surface area contributed by atoms with Crippen LogP contribution in [0.3, 0.4) is 0 Å². The number of nitrogens with two attached hydrogens (primary N) is 1. The van der Waals surface area contributed by atoms with Crippen molar-refractivity contribution in [2.24, 2.45) is 16.0 Å². The largest absolute Gasteiger partial charge is 0.453 e. The second-order valence-corrected chi connectivity index (χ2v) is 10.4. The number of imidazole rings is 1. The first-order valence-corrected chi connectivity index (χ1v) is 14.1. The van der Waals surface area contributed by atoms with Crippen LogP contribution in [0.4, 0.5) is 35.0 Å². The number of hydrogen-bond acceptors (Lipinski definition) is 8. The number of amides is 2. The summed E-state index contributed by atoms with van der Waals surface area (Å²) in [5, 5.41) is 16.6. The van der Waals surface area contributed by atoms with E-state index in [1.54, 1.807) is 30.5 Å². The summed E-state index contributed by atoms with van der Waals surface area (Å²) in [6.07, 6.45) is 0.975. The number of aromatic nitrogens is 2. The standard InChI is InChI=1S/C29H31ClF3N9O3/c1-35-37-16-42(34)24-11-8-18(30)13-17(24)7-12-26(43)40-21-5-3-4-6-25(29(31,32)33)39-22-14-19(38-28(44)45-2)9-10-20(22)23-15-36-27(21)41-23/h7-16,21,25,39H,1,3-6,34H2,2H3,(H,36,41)(H,38,44)(H,40,43)/b12-7+,37-16-/t21-,25-/m0/s1. The molecule has 238 valence electrons. The Labute approximate surface area is 261 Å². The van der Waals surface area contributed by atoms with Crippen LogP contribution in [0.15, 0.2) is 58.9 Å². The summed E-state index contributed by atoms with van der Waals surface area (Å²) >= 11 is 6.15. The minimum absolute atomic E-state index is 0.119. The van der Waals surface area contributed by atoms with Crippen molar-refractivity contribution in [3.8, 4) is 11.3 Å². The van der Waals surface area contributed by atoms with E-state index in [0.29, 0.717) is 46.2 Å². The highest BCUT2D eigenvalue weighted by molar-refractivity contribution is 6.30. The number of aromatic amines is 1. The maximum absolute atomic E-state index is 14.0. The third kappa shape index (κ3) is 8.83. The Kier molecular flexibility index (Phi) is 10.8. The van der Waals surface area contributed by atoms with Crippen molar-refractivity contribution in [1.29, 1.82) is 0 Å². The number of methoxy groups -OCH3 is 1. The average molecular weight is 646 g/mol. The fraction of sp³-hybridized carbons (Fsp3) is 0.276. The topological polar surface area (TPSA) is 162 Å². The quantitative estimate of drug-likeness (QED) is 0.0690. The summed E-state index contributed by atoms with van der Waals surface area (Å²) in [5.74, 6) is 5.95. The van der Waals surface area contributed by atoms with Gasteiger partial charge in [-0.05, 0) is 55.3 Å². The molecule has 2 heterocycles. The molecule has 45 heavy (non-hydrogen) atoms. The van der Waals surface area contributed by atoms with Crippen molar-refractivity contribution in [1.82, 2.24) is 15.3 Å². The fourth-order valence-corrected chi connectivity index (χ4v) is 4.88. The maximum Gasteiger partial charge on any atom is 0.411 e. The zero-order valence-corrected chi connectivity index (χ0v) is 24.8. The van der Waals surface area contributed by atoms with E-state index in [0.717, 1.165) is 0 Å². The van der Waals surface area contributed by atoms with E-state index in [9.17, 15) is 22.8 Å². The number of anilines is 3. The lowest BCUT2D eigenvalue weighted by molar-refractivity contribution is -0.144. The number of hydrazine groups is 1. The minimum atomic E-state index is -4.55. The van der Waals surface area contributed by atoms with Crippen LogP contribution in [0.25, 0.3) is 17.3 Å². The third-order valence-electron chi connectivity index (χ3n) is 6.87. The Bertz CT molecular complexity index is 1590. The first-order valence-electron chi connectivity index (χ1n) is 13.7. The Morgan fingerprint density at radius 2 is 2.00 bits per heavy atom. The molecule has 6 N–H and O–H groups in total. The number of carbonyl (C=O) groups is 2. The smallest absolute Gasteiger partial charge is 0.411 e. The Morgan fingerprint density at radius 3 is 2.73 bits per heavy atom. The molecule has 2 atom stereocenters. The molecule has 0 spiro atoms. The number of H-pyrrole nitrogens is 1. The molecule has 2 bridgehead atoms. The van der Waals surface area contributed by atoms with Gasteiger partial charge in [-0.15, -0.1) is 5.10 Å². The zero-order valence-electron chi connectivity index (χ0n) is 24.1. The molecule has 0 radical (unpaired) electrons. The van der Waals surface area contributed by atoms with E-state index in [-0.39, 0.29) is 24.2 Å². The summed E-state index contributed by atoms with van der Waals surface area (Å²) < 4.78 is 46.7. The van der Waals surface area contributed by atoms with Gasteiger partial charge in [0.1, 0.15) is 18.2 Å². The number of halogens is 4. The number of hydrogen-bond donors (Lipinski definition) is 5. The molecular weight excluding hydrogens is 615 g/mol. The van der Waals surface area contributed by atoms with Gasteiger partial charge in [-0.2, -0.15) is 18.3 Å². The molecule has 1 aromatic heterocycles. The van der Waals surface area contributed by atoms with Crippen LogP contribution in [0.5, 0.6) is 0 Å². The van der Waals surface area contributed by atoms with Crippen molar-refractivity contribution in [3.05, 3.63) is 65.1 Å². The van der Waals surface area contributed by atoms with Crippen molar-refractivity contribution < 1.29 is 27.5 Å². The minimum Gasteiger partial charge on any atom is -0.453 e. The molecule has 0 saturated heterocycles. The number of nitrogens with one attached hydrogen (secondary N) is 4. The highest BCUT2D eigenvalue weighted by Crippen LogP contribution is 2.36. The van der Waals surface area contributed by atoms with Crippen molar-refractivity contribution in [3.63, 3.8) is 0 Å². The van der Waals surface area contributed by atoms with Crippen molar-refractivity contribution in [2.75, 3.05) is 22.8 Å². The lowest BCUT2D eigenvalue weighted by Gasteiger charge is -2.25. The highest BCUT2D eigenvalue weighted by Gasteiger charge is 2.39. The molecule has 2 aromatic carbocycles. The summed E-state index contributed by atoms with van der Waals surface area (Å²) in [4.78, 5) is 32.5. The highest BCUT2D eigenvalue weighted by atomic mass is 35.5. The SMILES string of the molecule is C=N/N=C\N(N)c1ccc(Cl)cc1/C=C/C(=O)N[C@H]1CCCC[C@@H](C(F)(F)F)Nc2cc(NC(=O)OC)ccc2-c2c[nH]c1n2. The zero-order chi connectivity index (χ0) is 32.6. The predicted octanol–water partition coefficient (Wildman–Crippen LogP) is 6.02. The lowest BCUT2D eigenvalue weighted by Crippen LogP contribution is -2.36. The maximum atomic E-state index is 14.0. The van der Waals surface area contributed by atoms with Crippen molar-refractivity contribution >= 4 is 59.8 Å². The summed E-state index contributed by atoms with van der Waals surface area (Å²) in [7, 11) is 1.18. The van der Waals surface area contributed by atoms with Gasteiger partial charge in [0, 0.05) is 46.5 Å². The molecule has 4 rings (SSSR count). The van der Waals surface area contributed by atoms with Crippen molar-refractivity contribution in [2.45, 2.75) is 43.9 Å². The summed E-state index contributed by atoms with van der Waals surface area (Å²) in [6, 6.07) is 6.84. The van der Waals surface area contributed by atoms with Crippen LogP contribution in [0.2, 0.25) is 5.02 Å². The van der Waals surface area contributed by atoms with Crippen LogP contribution in [0.1, 0.15) is 43.1 Å². The molecule has 3 aromatic rings. The number of rotatable bonds is 7. The van der Waals surface area contributed by atoms with Crippen LogP contribution in [-0.2, 0) is 9.53 Å². The number of benzene rings is 2. The molecule has 16 heteroatoms. The van der Waals surface area contributed by atoms with E-state index in [2.05, 4.69) is 47.6 Å². The number of carbonyl (C=O) groups excluding carboxylic acids is 2. The molecule has 1 aliphatic rings. The monoisotopic (exact) mass is 645 g/mol. The van der Waals surface area contributed by atoms with Gasteiger partial charge in [0.2, 0.25) is 5.91 Å². The van der Waals surface area contributed by atoms with E-state index in [1.165, 1.54) is 42.7 Å². The van der Waals surface area contributed by atoms with E-state index in [1.807, 2.05) is 0 Å². The van der Waals surface area contributed by atoms with Gasteiger partial charge in [0.05, 0.1) is 24.5 Å². The fourth-order valence-electron chi connectivity index (χ4n) is 4.70. The predicted molar refractivity (Wildman–Crippen MR) is 168 cm³/mol. The van der Waals surface area contributed by atoms with Gasteiger partial charge in [0.25, 0.3) is 0 Å². The molecule has 1 aliphatic heterocycles. The Hall–Kier alpha value is -4.89. The first kappa shape index (κ1) is 33.0. The van der Waals surface area contributed by atoms with Gasteiger partial charge in [0.15, 0.2) is 0 Å². The summed E-state index contributed by atoms with van der Waals surface area (Å²) in [6.45, 7) is 3.26. The van der Waals surface area contributed by atoms with E-state index in [4.69, 9.17) is 17.4 Å². The molecule has 2 amide bonds. The molecule has 0 unspecified atom stereocenters. The van der Waals surface area contributed by atoms with Crippen LogP contribution < -0.4 is 26.8 Å². The van der Waals surface area contributed by atoms with Crippen LogP contribution in [-0.4, -0.2) is 54.4 Å². The molecule has 0 saturated carbocycles. The molecular formula is C29H31ClF3N9O3. The van der Waals surface area contributed by atoms with Gasteiger partial charge >= 0.3 is 12.3 Å². The van der Waals surface area contributed by atoms with Gasteiger partial charge in [-0.1, -0.05) is 24.4 Å². The number of fused-ring (bicyclic) bond motifs is 4. The molecule has 0 aliphatic carbocycles. The Morgan fingerprint density at radius 1 is 1.22 bits per heavy atom. The van der Waals surface area contributed by atoms with E-state index < -0.39 is 30.3 Å². The second kappa shape index (κ2) is 14.7.